The summed E-state index contributed by atoms with van der Waals surface area (Å²) in [6.45, 7) is 3.53. The molecule has 1 aliphatic rings. The van der Waals surface area contributed by atoms with Crippen LogP contribution in [0.5, 0.6) is 0 Å². The summed E-state index contributed by atoms with van der Waals surface area (Å²) in [5.74, 6) is -0.647. The maximum absolute atomic E-state index is 13.1. The Kier molecular flexibility index (Phi) is 6.24. The minimum atomic E-state index is -3.92. The maximum atomic E-state index is 13.1. The lowest BCUT2D eigenvalue weighted by atomic mass is 10.0. The number of sulfonamides is 1. The molecule has 0 aliphatic carbocycles. The number of likely N-dealkylation sites (tertiary alicyclic amines) is 1. The van der Waals surface area contributed by atoms with Gasteiger partial charge in [0.15, 0.2) is 0 Å². The molecule has 1 fully saturated rings. The van der Waals surface area contributed by atoms with Crippen molar-refractivity contribution in [2.24, 2.45) is 0 Å². The molecule has 8 heteroatoms. The van der Waals surface area contributed by atoms with E-state index in [1.165, 1.54) is 30.3 Å². The zero-order valence-corrected chi connectivity index (χ0v) is 17.7. The van der Waals surface area contributed by atoms with Crippen LogP contribution in [0.2, 0.25) is 0 Å². The number of aryl methyl sites for hydroxylation is 1. The van der Waals surface area contributed by atoms with E-state index < -0.39 is 15.8 Å². The summed E-state index contributed by atoms with van der Waals surface area (Å²) in [4.78, 5) is 16.9. The second kappa shape index (κ2) is 8.51. The molecular weight excluding hydrogens is 393 g/mol. The van der Waals surface area contributed by atoms with Gasteiger partial charge in [-0.3, -0.25) is 9.52 Å². The molecule has 3 rings (SSSR count). The average Bonchev–Trinajstić information content (AvgIpc) is 2.69. The van der Waals surface area contributed by atoms with Crippen LogP contribution >= 0.6 is 0 Å². The van der Waals surface area contributed by atoms with Gasteiger partial charge in [-0.05, 0) is 81.9 Å². The van der Waals surface area contributed by atoms with Gasteiger partial charge in [-0.25, -0.2) is 12.8 Å². The Morgan fingerprint density at radius 2 is 1.76 bits per heavy atom. The summed E-state index contributed by atoms with van der Waals surface area (Å²) < 4.78 is 41.2. The predicted molar refractivity (Wildman–Crippen MR) is 111 cm³/mol. The van der Waals surface area contributed by atoms with Gasteiger partial charge < -0.3 is 9.80 Å². The fraction of sp³-hybridized carbons (Fsp3) is 0.381. The first-order valence-electron chi connectivity index (χ1n) is 9.52. The highest BCUT2D eigenvalue weighted by Gasteiger charge is 2.26. The molecule has 0 saturated carbocycles. The predicted octanol–water partition coefficient (Wildman–Crippen LogP) is 3.10. The number of piperidine rings is 1. The van der Waals surface area contributed by atoms with Gasteiger partial charge in [0.2, 0.25) is 0 Å². The fourth-order valence-corrected chi connectivity index (χ4v) is 4.83. The second-order valence-electron chi connectivity index (χ2n) is 7.54. The molecule has 2 aromatic carbocycles. The van der Waals surface area contributed by atoms with E-state index in [1.54, 1.807) is 31.0 Å². The maximum Gasteiger partial charge on any atom is 0.262 e. The summed E-state index contributed by atoms with van der Waals surface area (Å²) in [6, 6.07) is 9.90. The monoisotopic (exact) mass is 419 g/mol. The van der Waals surface area contributed by atoms with E-state index in [0.29, 0.717) is 11.1 Å². The molecule has 0 atom stereocenters. The third-order valence-electron chi connectivity index (χ3n) is 5.38. The highest BCUT2D eigenvalue weighted by molar-refractivity contribution is 7.92. The summed E-state index contributed by atoms with van der Waals surface area (Å²) in [7, 11) is -0.0948. The molecule has 0 aromatic heterocycles. The summed E-state index contributed by atoms with van der Waals surface area (Å²) in [6.07, 6.45) is 1.78. The standard InChI is InChI=1S/C21H26FN3O3S/c1-15-4-5-16(21(26)25(3)19-10-12-24(2)13-11-19)14-20(15)29(27,28)23-18-8-6-17(22)7-9-18/h4-9,14,19,23H,10-13H2,1-3H3. The summed E-state index contributed by atoms with van der Waals surface area (Å²) >= 11 is 0. The van der Waals surface area contributed by atoms with E-state index in [1.807, 2.05) is 0 Å². The van der Waals surface area contributed by atoms with Crippen molar-refractivity contribution in [1.29, 1.82) is 0 Å². The summed E-state index contributed by atoms with van der Waals surface area (Å²) in [5, 5.41) is 0. The van der Waals surface area contributed by atoms with E-state index in [-0.39, 0.29) is 22.5 Å². The quantitative estimate of drug-likeness (QED) is 0.809. The van der Waals surface area contributed by atoms with E-state index in [2.05, 4.69) is 16.7 Å². The van der Waals surface area contributed by atoms with Crippen LogP contribution in [0, 0.1) is 12.7 Å². The van der Waals surface area contributed by atoms with Crippen LogP contribution in [0.3, 0.4) is 0 Å². The van der Waals surface area contributed by atoms with Crippen molar-refractivity contribution in [2.45, 2.75) is 30.7 Å². The number of hydrogen-bond acceptors (Lipinski definition) is 4. The summed E-state index contributed by atoms with van der Waals surface area (Å²) in [5.41, 5.74) is 1.11. The van der Waals surface area contributed by atoms with Crippen LogP contribution in [0.25, 0.3) is 0 Å². The highest BCUT2D eigenvalue weighted by Crippen LogP contribution is 2.23. The number of nitrogens with one attached hydrogen (secondary N) is 1. The normalized spacial score (nSPS) is 15.9. The molecule has 0 radical (unpaired) electrons. The van der Waals surface area contributed by atoms with Crippen LogP contribution in [0.15, 0.2) is 47.4 Å². The Morgan fingerprint density at radius 1 is 1.14 bits per heavy atom. The fourth-order valence-electron chi connectivity index (χ4n) is 3.50. The number of amides is 1. The Labute approximate surface area is 171 Å². The van der Waals surface area contributed by atoms with E-state index in [4.69, 9.17) is 0 Å². The number of anilines is 1. The minimum absolute atomic E-state index is 0.0319. The Morgan fingerprint density at radius 3 is 2.38 bits per heavy atom. The molecule has 0 unspecified atom stereocenters. The Hall–Kier alpha value is -2.45. The molecule has 1 saturated heterocycles. The third-order valence-corrected chi connectivity index (χ3v) is 6.90. The van der Waals surface area contributed by atoms with Gasteiger partial charge in [0.25, 0.3) is 15.9 Å². The van der Waals surface area contributed by atoms with Crippen LogP contribution in [-0.4, -0.2) is 57.4 Å². The zero-order chi connectivity index (χ0) is 21.2. The third kappa shape index (κ3) is 4.94. The molecule has 1 heterocycles. The first-order chi connectivity index (χ1) is 13.7. The molecule has 6 nitrogen and oxygen atoms in total. The van der Waals surface area contributed by atoms with Crippen LogP contribution in [0.4, 0.5) is 10.1 Å². The number of nitrogens with zero attached hydrogens (tertiary/aromatic N) is 2. The van der Waals surface area contributed by atoms with Crippen molar-refractivity contribution in [3.63, 3.8) is 0 Å². The van der Waals surface area contributed by atoms with Crippen LogP contribution in [-0.2, 0) is 10.0 Å². The van der Waals surface area contributed by atoms with Gasteiger partial charge in [-0.2, -0.15) is 0 Å². The molecule has 0 spiro atoms. The molecule has 0 bridgehead atoms. The second-order valence-corrected chi connectivity index (χ2v) is 9.19. The molecular formula is C21H26FN3O3S. The average molecular weight is 420 g/mol. The topological polar surface area (TPSA) is 69.7 Å². The van der Waals surface area contributed by atoms with Gasteiger partial charge in [-0.15, -0.1) is 0 Å². The van der Waals surface area contributed by atoms with Gasteiger partial charge >= 0.3 is 0 Å². The lowest BCUT2D eigenvalue weighted by Gasteiger charge is -2.35. The van der Waals surface area contributed by atoms with Crippen molar-refractivity contribution >= 4 is 21.6 Å². The molecule has 1 N–H and O–H groups in total. The van der Waals surface area contributed by atoms with Crippen LogP contribution in [0.1, 0.15) is 28.8 Å². The van der Waals surface area contributed by atoms with Crippen LogP contribution < -0.4 is 4.72 Å². The van der Waals surface area contributed by atoms with Crippen molar-refractivity contribution in [2.75, 3.05) is 31.9 Å². The van der Waals surface area contributed by atoms with E-state index >= 15 is 0 Å². The lowest BCUT2D eigenvalue weighted by Crippen LogP contribution is -2.44. The molecule has 1 amide bonds. The smallest absolute Gasteiger partial charge is 0.262 e. The molecule has 1 aliphatic heterocycles. The molecule has 156 valence electrons. The van der Waals surface area contributed by atoms with Gasteiger partial charge in [-0.1, -0.05) is 6.07 Å². The molecule has 2 aromatic rings. The van der Waals surface area contributed by atoms with Gasteiger partial charge in [0, 0.05) is 24.3 Å². The lowest BCUT2D eigenvalue weighted by molar-refractivity contribution is 0.0659. The first kappa shape index (κ1) is 21.3. The number of halogens is 1. The number of hydrogen-bond donors (Lipinski definition) is 1. The highest BCUT2D eigenvalue weighted by atomic mass is 32.2. The van der Waals surface area contributed by atoms with Crippen molar-refractivity contribution < 1.29 is 17.6 Å². The Balaban J connectivity index is 1.83. The van der Waals surface area contributed by atoms with Gasteiger partial charge in [0.1, 0.15) is 5.82 Å². The van der Waals surface area contributed by atoms with Gasteiger partial charge in [0.05, 0.1) is 4.90 Å². The number of rotatable bonds is 5. The minimum Gasteiger partial charge on any atom is -0.339 e. The van der Waals surface area contributed by atoms with Crippen molar-refractivity contribution in [3.8, 4) is 0 Å². The number of benzene rings is 2. The molecule has 29 heavy (non-hydrogen) atoms. The number of carbonyl (C=O) groups excluding carboxylic acids is 1. The number of carbonyl (C=O) groups is 1. The SMILES string of the molecule is Cc1ccc(C(=O)N(C)C2CCN(C)CC2)cc1S(=O)(=O)Nc1ccc(F)cc1. The van der Waals surface area contributed by atoms with Crippen molar-refractivity contribution in [3.05, 3.63) is 59.4 Å². The van der Waals surface area contributed by atoms with E-state index in [0.717, 1.165) is 25.9 Å². The van der Waals surface area contributed by atoms with Crippen molar-refractivity contribution in [1.82, 2.24) is 9.80 Å². The Bertz CT molecular complexity index is 985. The zero-order valence-electron chi connectivity index (χ0n) is 16.9. The first-order valence-corrected chi connectivity index (χ1v) is 11.0. The largest absolute Gasteiger partial charge is 0.339 e. The van der Waals surface area contributed by atoms with E-state index in [9.17, 15) is 17.6 Å².